The van der Waals surface area contributed by atoms with E-state index in [0.717, 1.165) is 44.2 Å². The van der Waals surface area contributed by atoms with E-state index in [1.807, 2.05) is 153 Å². The van der Waals surface area contributed by atoms with E-state index in [1.54, 1.807) is 18.2 Å². The third-order valence-corrected chi connectivity index (χ3v) is 12.3. The van der Waals surface area contributed by atoms with Crippen molar-refractivity contribution in [1.29, 1.82) is 0 Å². The van der Waals surface area contributed by atoms with Gasteiger partial charge in [-0.2, -0.15) is 0 Å². The standard InChI is InChI=1S/C58H47Cl2NO5/c1-39(48(35-41-29-33-52(59)53(60)37-41)31-27-40-26-30-43-16-14-15-25-49(43)34-40)61-54(62)38-42-28-32-50(57(63)65-55(44-17-6-2-7-18-44)45-19-8-3-9-20-45)51(36-42)58(64)66-56(46-21-10-4-11-22-46)47-23-12-5-13-24-47/h2-34,36-37,39,48,55-56H,35,38H2,1H3,(H,61,62)/b31-27+/t39-,48+/m0/s1. The van der Waals surface area contributed by atoms with Crippen LogP contribution in [0.1, 0.15) is 78.8 Å². The highest BCUT2D eigenvalue weighted by Gasteiger charge is 2.28. The van der Waals surface area contributed by atoms with Crippen molar-refractivity contribution in [3.8, 4) is 0 Å². The van der Waals surface area contributed by atoms with Gasteiger partial charge in [0.1, 0.15) is 0 Å². The summed E-state index contributed by atoms with van der Waals surface area (Å²) in [5.41, 5.74) is 5.53. The molecule has 0 fully saturated rings. The molecular weight excluding hydrogens is 862 g/mol. The lowest BCUT2D eigenvalue weighted by Gasteiger charge is -2.23. The van der Waals surface area contributed by atoms with E-state index in [9.17, 15) is 14.4 Å². The van der Waals surface area contributed by atoms with Crippen LogP contribution in [-0.2, 0) is 27.1 Å². The summed E-state index contributed by atoms with van der Waals surface area (Å²) in [4.78, 5) is 43.0. The van der Waals surface area contributed by atoms with E-state index in [4.69, 9.17) is 32.7 Å². The van der Waals surface area contributed by atoms with Crippen LogP contribution in [0.2, 0.25) is 10.0 Å². The molecule has 0 heterocycles. The minimum atomic E-state index is -0.784. The van der Waals surface area contributed by atoms with Gasteiger partial charge >= 0.3 is 11.9 Å². The number of fused-ring (bicyclic) bond motifs is 1. The van der Waals surface area contributed by atoms with Gasteiger partial charge in [-0.1, -0.05) is 205 Å². The quantitative estimate of drug-likeness (QED) is 0.0977. The molecule has 0 aliphatic heterocycles. The lowest BCUT2D eigenvalue weighted by molar-refractivity contribution is -0.121. The fourth-order valence-electron chi connectivity index (χ4n) is 8.05. The van der Waals surface area contributed by atoms with Crippen molar-refractivity contribution < 1.29 is 23.9 Å². The molecule has 0 bridgehead atoms. The molecule has 0 aliphatic carbocycles. The van der Waals surface area contributed by atoms with Crippen molar-refractivity contribution >= 4 is 57.9 Å². The molecule has 8 aromatic carbocycles. The van der Waals surface area contributed by atoms with Gasteiger partial charge in [0.25, 0.3) is 0 Å². The van der Waals surface area contributed by atoms with Crippen LogP contribution < -0.4 is 5.32 Å². The van der Waals surface area contributed by atoms with Crippen LogP contribution in [0.15, 0.2) is 206 Å². The highest BCUT2D eigenvalue weighted by molar-refractivity contribution is 6.42. The Morgan fingerprint density at radius 3 is 1.56 bits per heavy atom. The fourth-order valence-corrected chi connectivity index (χ4v) is 8.37. The Bertz CT molecular complexity index is 2880. The predicted octanol–water partition coefficient (Wildman–Crippen LogP) is 13.7. The van der Waals surface area contributed by atoms with E-state index in [1.165, 1.54) is 6.07 Å². The third kappa shape index (κ3) is 11.5. The summed E-state index contributed by atoms with van der Waals surface area (Å²) in [7, 11) is 0. The van der Waals surface area contributed by atoms with Crippen LogP contribution in [0.3, 0.4) is 0 Å². The number of halogens is 2. The van der Waals surface area contributed by atoms with Gasteiger partial charge in [0.05, 0.1) is 27.6 Å². The molecule has 66 heavy (non-hydrogen) atoms. The summed E-state index contributed by atoms with van der Waals surface area (Å²) in [5, 5.41) is 6.42. The molecule has 0 saturated heterocycles. The highest BCUT2D eigenvalue weighted by Crippen LogP contribution is 2.32. The second kappa shape index (κ2) is 21.6. The number of carbonyl (C=O) groups is 3. The number of esters is 2. The number of hydrogen-bond donors (Lipinski definition) is 1. The fraction of sp³-hybridized carbons (Fsp3) is 0.121. The Morgan fingerprint density at radius 1 is 0.515 bits per heavy atom. The zero-order valence-electron chi connectivity index (χ0n) is 36.2. The summed E-state index contributed by atoms with van der Waals surface area (Å²) in [6.45, 7) is 1.97. The Morgan fingerprint density at radius 2 is 1.02 bits per heavy atom. The second-order valence-corrected chi connectivity index (χ2v) is 17.0. The van der Waals surface area contributed by atoms with Gasteiger partial charge in [-0.05, 0) is 93.4 Å². The monoisotopic (exact) mass is 907 g/mol. The van der Waals surface area contributed by atoms with Crippen LogP contribution in [0, 0.1) is 5.92 Å². The van der Waals surface area contributed by atoms with Crippen molar-refractivity contribution in [2.45, 2.75) is 38.0 Å². The Hall–Kier alpha value is -7.25. The van der Waals surface area contributed by atoms with E-state index < -0.39 is 24.1 Å². The Balaban J connectivity index is 1.08. The number of carbonyl (C=O) groups excluding carboxylic acids is 3. The molecule has 0 aromatic heterocycles. The van der Waals surface area contributed by atoms with Crippen LogP contribution in [0.5, 0.6) is 0 Å². The van der Waals surface area contributed by atoms with Gasteiger partial charge in [0.15, 0.2) is 12.2 Å². The summed E-state index contributed by atoms with van der Waals surface area (Å²) in [6.07, 6.45) is 3.14. The maximum absolute atomic E-state index is 14.6. The van der Waals surface area contributed by atoms with E-state index >= 15 is 0 Å². The van der Waals surface area contributed by atoms with E-state index in [-0.39, 0.29) is 35.4 Å². The first-order valence-electron chi connectivity index (χ1n) is 21.8. The number of amides is 1. The summed E-state index contributed by atoms with van der Waals surface area (Å²) < 4.78 is 12.6. The average molecular weight is 909 g/mol. The minimum absolute atomic E-state index is 0.00905. The summed E-state index contributed by atoms with van der Waals surface area (Å²) in [5.74, 6) is -1.87. The number of benzene rings is 8. The van der Waals surface area contributed by atoms with Gasteiger partial charge in [-0.3, -0.25) is 4.79 Å². The summed E-state index contributed by atoms with van der Waals surface area (Å²) in [6, 6.07) is 62.3. The topological polar surface area (TPSA) is 81.7 Å². The molecule has 8 rings (SSSR count). The number of rotatable bonds is 16. The molecule has 0 unspecified atom stereocenters. The van der Waals surface area contributed by atoms with E-state index in [2.05, 4.69) is 47.8 Å². The molecule has 8 aromatic rings. The molecule has 328 valence electrons. The maximum Gasteiger partial charge on any atom is 0.339 e. The van der Waals surface area contributed by atoms with Gasteiger partial charge < -0.3 is 14.8 Å². The second-order valence-electron chi connectivity index (χ2n) is 16.2. The Labute approximate surface area is 395 Å². The van der Waals surface area contributed by atoms with Gasteiger partial charge in [0.2, 0.25) is 5.91 Å². The zero-order valence-corrected chi connectivity index (χ0v) is 37.7. The third-order valence-electron chi connectivity index (χ3n) is 11.5. The average Bonchev–Trinajstić information content (AvgIpc) is 3.35. The zero-order chi connectivity index (χ0) is 45.8. The first-order chi connectivity index (χ1) is 32.2. The first kappa shape index (κ1) is 45.3. The maximum atomic E-state index is 14.6. The van der Waals surface area contributed by atoms with Crippen LogP contribution in [-0.4, -0.2) is 23.9 Å². The molecule has 0 spiro atoms. The van der Waals surface area contributed by atoms with Crippen LogP contribution in [0.4, 0.5) is 0 Å². The molecular formula is C58H47Cl2NO5. The largest absolute Gasteiger partial charge is 0.449 e. The van der Waals surface area contributed by atoms with Crippen LogP contribution >= 0.6 is 23.2 Å². The number of ether oxygens (including phenoxy) is 2. The van der Waals surface area contributed by atoms with Crippen molar-refractivity contribution in [1.82, 2.24) is 5.32 Å². The normalized spacial score (nSPS) is 12.3. The van der Waals surface area contributed by atoms with Crippen molar-refractivity contribution in [3.05, 3.63) is 266 Å². The lowest BCUT2D eigenvalue weighted by atomic mass is 9.91. The Kier molecular flexibility index (Phi) is 14.8. The molecule has 1 amide bonds. The predicted molar refractivity (Wildman–Crippen MR) is 265 cm³/mol. The first-order valence-corrected chi connectivity index (χ1v) is 22.6. The lowest BCUT2D eigenvalue weighted by Crippen LogP contribution is -2.39. The molecule has 6 nitrogen and oxygen atoms in total. The van der Waals surface area contributed by atoms with Gasteiger partial charge in [-0.15, -0.1) is 0 Å². The molecule has 0 aliphatic rings. The van der Waals surface area contributed by atoms with Crippen LogP contribution in [0.25, 0.3) is 16.8 Å². The SMILES string of the molecule is C[C@H](NC(=O)Cc1ccc(C(=O)OC(c2ccccc2)c2ccccc2)c(C(=O)OC(c2ccccc2)c2ccccc2)c1)[C@H](/C=C/c1ccc2ccccc2c1)Cc1ccc(Cl)c(Cl)c1. The van der Waals surface area contributed by atoms with Crippen molar-refractivity contribution in [2.75, 3.05) is 0 Å². The molecule has 2 atom stereocenters. The number of hydrogen-bond acceptors (Lipinski definition) is 5. The molecule has 0 saturated carbocycles. The molecule has 1 N–H and O–H groups in total. The molecule has 0 radical (unpaired) electrons. The summed E-state index contributed by atoms with van der Waals surface area (Å²) >= 11 is 12.7. The van der Waals surface area contributed by atoms with E-state index in [0.29, 0.717) is 22.0 Å². The van der Waals surface area contributed by atoms with Gasteiger partial charge in [0, 0.05) is 12.0 Å². The smallest absolute Gasteiger partial charge is 0.339 e. The van der Waals surface area contributed by atoms with Crippen molar-refractivity contribution in [3.63, 3.8) is 0 Å². The van der Waals surface area contributed by atoms with Gasteiger partial charge in [-0.25, -0.2) is 9.59 Å². The minimum Gasteiger partial charge on any atom is -0.449 e. The number of nitrogens with one attached hydrogen (secondary N) is 1. The highest BCUT2D eigenvalue weighted by atomic mass is 35.5. The molecule has 8 heteroatoms. The van der Waals surface area contributed by atoms with Crippen molar-refractivity contribution in [2.24, 2.45) is 5.92 Å².